The minimum atomic E-state index is -3.99. The average Bonchev–Trinajstić information content (AvgIpc) is 3.20. The number of aromatic nitrogens is 2. The number of methoxy groups -OCH3 is 2. The standard InChI is InChI=1S/C22H21N3O4S/c1-28-19-11-12-20(29-2)21(14-19)30(26,27)25(17-8-4-3-5-9-17)16-18-15-23-22-10-6-7-13-24(18)22/h3-15H,16H2,1-2H3. The highest BCUT2D eigenvalue weighted by molar-refractivity contribution is 7.93. The molecule has 0 amide bonds. The number of rotatable bonds is 7. The van der Waals surface area contributed by atoms with Gasteiger partial charge in [0, 0.05) is 12.3 Å². The fourth-order valence-corrected chi connectivity index (χ4v) is 4.87. The maximum Gasteiger partial charge on any atom is 0.268 e. The topological polar surface area (TPSA) is 73.1 Å². The molecule has 0 spiro atoms. The van der Waals surface area contributed by atoms with Crippen molar-refractivity contribution in [2.75, 3.05) is 18.5 Å². The molecule has 0 fully saturated rings. The van der Waals surface area contributed by atoms with Gasteiger partial charge in [-0.1, -0.05) is 24.3 Å². The van der Waals surface area contributed by atoms with Crippen molar-refractivity contribution in [2.45, 2.75) is 11.4 Å². The van der Waals surface area contributed by atoms with Gasteiger partial charge in [-0.3, -0.25) is 4.31 Å². The summed E-state index contributed by atoms with van der Waals surface area (Å²) in [5.74, 6) is 0.673. The summed E-state index contributed by atoms with van der Waals surface area (Å²) in [4.78, 5) is 4.41. The van der Waals surface area contributed by atoms with Gasteiger partial charge in [-0.2, -0.15) is 0 Å². The molecule has 0 N–H and O–H groups in total. The normalized spacial score (nSPS) is 11.4. The van der Waals surface area contributed by atoms with E-state index in [0.29, 0.717) is 11.4 Å². The first-order valence-corrected chi connectivity index (χ1v) is 10.7. The monoisotopic (exact) mass is 423 g/mol. The first kappa shape index (κ1) is 19.8. The van der Waals surface area contributed by atoms with Crippen molar-refractivity contribution in [1.82, 2.24) is 9.38 Å². The van der Waals surface area contributed by atoms with Crippen molar-refractivity contribution in [3.63, 3.8) is 0 Å². The van der Waals surface area contributed by atoms with E-state index < -0.39 is 10.0 Å². The van der Waals surface area contributed by atoms with Gasteiger partial charge in [0.2, 0.25) is 0 Å². The predicted octanol–water partition coefficient (Wildman–Crippen LogP) is 3.75. The molecule has 0 aliphatic heterocycles. The number of hydrogen-bond donors (Lipinski definition) is 0. The summed E-state index contributed by atoms with van der Waals surface area (Å²) >= 11 is 0. The molecule has 4 aromatic rings. The van der Waals surface area contributed by atoms with Crippen molar-refractivity contribution in [3.8, 4) is 11.5 Å². The van der Waals surface area contributed by atoms with Gasteiger partial charge in [-0.15, -0.1) is 0 Å². The fraction of sp³-hybridized carbons (Fsp3) is 0.136. The Balaban J connectivity index is 1.86. The molecule has 154 valence electrons. The lowest BCUT2D eigenvalue weighted by atomic mass is 10.3. The van der Waals surface area contributed by atoms with Crippen LogP contribution in [0.4, 0.5) is 5.69 Å². The maximum atomic E-state index is 13.8. The Hall–Kier alpha value is -3.52. The van der Waals surface area contributed by atoms with E-state index in [4.69, 9.17) is 9.47 Å². The van der Waals surface area contributed by atoms with Crippen molar-refractivity contribution >= 4 is 21.4 Å². The molecular weight excluding hydrogens is 402 g/mol. The second kappa shape index (κ2) is 8.08. The molecule has 0 unspecified atom stereocenters. The Bertz CT molecular complexity index is 1270. The maximum absolute atomic E-state index is 13.8. The third-order valence-electron chi connectivity index (χ3n) is 4.78. The van der Waals surface area contributed by atoms with Crippen LogP contribution in [0, 0.1) is 0 Å². The molecule has 4 rings (SSSR count). The second-order valence-corrected chi connectivity index (χ2v) is 8.37. The van der Waals surface area contributed by atoms with Gasteiger partial charge < -0.3 is 13.9 Å². The summed E-state index contributed by atoms with van der Waals surface area (Å²) in [6, 6.07) is 19.3. The Morgan fingerprint density at radius 1 is 0.967 bits per heavy atom. The average molecular weight is 423 g/mol. The first-order chi connectivity index (χ1) is 14.5. The van der Waals surface area contributed by atoms with E-state index in [1.54, 1.807) is 42.6 Å². The van der Waals surface area contributed by atoms with Gasteiger partial charge in [0.15, 0.2) is 0 Å². The second-order valence-electron chi connectivity index (χ2n) is 6.54. The Kier molecular flexibility index (Phi) is 5.33. The molecule has 2 aromatic heterocycles. The van der Waals surface area contributed by atoms with Crippen LogP contribution in [0.25, 0.3) is 5.65 Å². The minimum Gasteiger partial charge on any atom is -0.497 e. The van der Waals surface area contributed by atoms with Gasteiger partial charge in [0.05, 0.1) is 38.3 Å². The molecule has 8 heteroatoms. The number of sulfonamides is 1. The molecule has 2 heterocycles. The molecule has 2 aromatic carbocycles. The third-order valence-corrected chi connectivity index (χ3v) is 6.58. The highest BCUT2D eigenvalue weighted by Crippen LogP contribution is 2.33. The lowest BCUT2D eigenvalue weighted by Gasteiger charge is -2.25. The van der Waals surface area contributed by atoms with Crippen LogP contribution in [0.5, 0.6) is 11.5 Å². The van der Waals surface area contributed by atoms with Crippen LogP contribution < -0.4 is 13.8 Å². The largest absolute Gasteiger partial charge is 0.497 e. The van der Waals surface area contributed by atoms with Crippen LogP contribution in [0.2, 0.25) is 0 Å². The van der Waals surface area contributed by atoms with Crippen molar-refractivity contribution in [3.05, 3.63) is 84.8 Å². The number of hydrogen-bond acceptors (Lipinski definition) is 5. The zero-order valence-corrected chi connectivity index (χ0v) is 17.4. The summed E-state index contributed by atoms with van der Waals surface area (Å²) < 4.78 is 41.4. The quantitative estimate of drug-likeness (QED) is 0.453. The highest BCUT2D eigenvalue weighted by atomic mass is 32.2. The summed E-state index contributed by atoms with van der Waals surface area (Å²) in [5.41, 5.74) is 2.02. The SMILES string of the molecule is COc1ccc(OC)c(S(=O)(=O)N(Cc2cnc3ccccn23)c2ccccc2)c1. The zero-order chi connectivity index (χ0) is 21.1. The number of para-hydroxylation sites is 1. The lowest BCUT2D eigenvalue weighted by molar-refractivity contribution is 0.392. The summed E-state index contributed by atoms with van der Waals surface area (Å²) in [6.45, 7) is 0.0951. The predicted molar refractivity (Wildman–Crippen MR) is 115 cm³/mol. The van der Waals surface area contributed by atoms with E-state index >= 15 is 0 Å². The number of benzene rings is 2. The third kappa shape index (κ3) is 3.57. The molecule has 0 aliphatic rings. The Morgan fingerprint density at radius 2 is 1.73 bits per heavy atom. The molecule has 0 radical (unpaired) electrons. The van der Waals surface area contributed by atoms with Crippen LogP contribution in [0.1, 0.15) is 5.69 Å². The number of nitrogens with zero attached hydrogens (tertiary/aromatic N) is 3. The first-order valence-electron chi connectivity index (χ1n) is 9.25. The fourth-order valence-electron chi connectivity index (χ4n) is 3.26. The Morgan fingerprint density at radius 3 is 2.47 bits per heavy atom. The zero-order valence-electron chi connectivity index (χ0n) is 16.6. The van der Waals surface area contributed by atoms with Crippen LogP contribution >= 0.6 is 0 Å². The number of ether oxygens (including phenoxy) is 2. The van der Waals surface area contributed by atoms with E-state index in [1.165, 1.54) is 24.6 Å². The lowest BCUT2D eigenvalue weighted by Crippen LogP contribution is -2.31. The molecule has 0 saturated heterocycles. The van der Waals surface area contributed by atoms with E-state index in [9.17, 15) is 8.42 Å². The summed E-state index contributed by atoms with van der Waals surface area (Å²) in [7, 11) is -1.05. The number of fused-ring (bicyclic) bond motifs is 1. The van der Waals surface area contributed by atoms with Crippen LogP contribution in [0.3, 0.4) is 0 Å². The Labute approximate surface area is 175 Å². The van der Waals surface area contributed by atoms with Crippen molar-refractivity contribution in [1.29, 1.82) is 0 Å². The van der Waals surface area contributed by atoms with Gasteiger partial charge >= 0.3 is 0 Å². The molecule has 0 bridgehead atoms. The number of anilines is 1. The summed E-state index contributed by atoms with van der Waals surface area (Å²) in [6.07, 6.45) is 3.54. The van der Waals surface area contributed by atoms with E-state index in [-0.39, 0.29) is 17.2 Å². The van der Waals surface area contributed by atoms with E-state index in [1.807, 2.05) is 34.9 Å². The molecule has 0 atom stereocenters. The highest BCUT2D eigenvalue weighted by Gasteiger charge is 2.30. The van der Waals surface area contributed by atoms with E-state index in [2.05, 4.69) is 4.98 Å². The molecule has 7 nitrogen and oxygen atoms in total. The number of pyridine rings is 1. The van der Waals surface area contributed by atoms with Gasteiger partial charge in [0.25, 0.3) is 10.0 Å². The van der Waals surface area contributed by atoms with Crippen LogP contribution in [-0.4, -0.2) is 32.0 Å². The van der Waals surface area contributed by atoms with Crippen LogP contribution in [-0.2, 0) is 16.6 Å². The van der Waals surface area contributed by atoms with Crippen LogP contribution in [0.15, 0.2) is 84.0 Å². The van der Waals surface area contributed by atoms with E-state index in [0.717, 1.165) is 11.3 Å². The molecule has 0 aliphatic carbocycles. The van der Waals surface area contributed by atoms with Gasteiger partial charge in [0.1, 0.15) is 22.0 Å². The molecule has 30 heavy (non-hydrogen) atoms. The molecular formula is C22H21N3O4S. The van der Waals surface area contributed by atoms with Gasteiger partial charge in [-0.25, -0.2) is 13.4 Å². The smallest absolute Gasteiger partial charge is 0.268 e. The molecule has 0 saturated carbocycles. The minimum absolute atomic E-state index is 0.0297. The number of imidazole rings is 1. The van der Waals surface area contributed by atoms with Gasteiger partial charge in [-0.05, 0) is 36.4 Å². The summed E-state index contributed by atoms with van der Waals surface area (Å²) in [5, 5.41) is 0. The van der Waals surface area contributed by atoms with Crippen molar-refractivity contribution < 1.29 is 17.9 Å². The van der Waals surface area contributed by atoms with Crippen molar-refractivity contribution in [2.24, 2.45) is 0 Å².